The molecule has 0 unspecified atom stereocenters. The molecule has 18 heavy (non-hydrogen) atoms. The molecule has 5 heteroatoms. The number of nitrogens with zero attached hydrogens (tertiary/aromatic N) is 1. The van der Waals surface area contributed by atoms with E-state index in [0.717, 1.165) is 11.3 Å². The molecule has 1 aromatic rings. The first-order chi connectivity index (χ1) is 8.40. The molecule has 1 N–H and O–H groups in total. The molecule has 0 fully saturated rings. The molecule has 0 atom stereocenters. The average Bonchev–Trinajstić information content (AvgIpc) is 2.26. The zero-order valence-corrected chi connectivity index (χ0v) is 10.7. The Morgan fingerprint density at radius 1 is 1.28 bits per heavy atom. The number of alkyl halides is 3. The SMILES string of the molecule is CCN(CCNc1cccc(C)c1)CC(F)(F)F. The van der Waals surface area contributed by atoms with Crippen LogP contribution in [0.4, 0.5) is 18.9 Å². The standard InChI is InChI=1S/C13H19F3N2/c1-3-18(10-13(14,15)16)8-7-17-12-6-4-5-11(2)9-12/h4-6,9,17H,3,7-8,10H2,1-2H3. The number of benzene rings is 1. The molecule has 0 aliphatic carbocycles. The van der Waals surface area contributed by atoms with Crippen molar-refractivity contribution < 1.29 is 13.2 Å². The van der Waals surface area contributed by atoms with Crippen LogP contribution < -0.4 is 5.32 Å². The van der Waals surface area contributed by atoms with Crippen LogP contribution >= 0.6 is 0 Å². The summed E-state index contributed by atoms with van der Waals surface area (Å²) in [5.41, 5.74) is 2.07. The van der Waals surface area contributed by atoms with Gasteiger partial charge < -0.3 is 5.32 Å². The molecule has 0 amide bonds. The van der Waals surface area contributed by atoms with Crippen molar-refractivity contribution in [2.24, 2.45) is 0 Å². The fraction of sp³-hybridized carbons (Fsp3) is 0.538. The van der Waals surface area contributed by atoms with Gasteiger partial charge in [-0.3, -0.25) is 4.90 Å². The summed E-state index contributed by atoms with van der Waals surface area (Å²) in [6, 6.07) is 7.78. The summed E-state index contributed by atoms with van der Waals surface area (Å²) in [4.78, 5) is 1.38. The van der Waals surface area contributed by atoms with Gasteiger partial charge in [-0.15, -0.1) is 0 Å². The summed E-state index contributed by atoms with van der Waals surface area (Å²) in [6.45, 7) is 4.15. The number of hydrogen-bond donors (Lipinski definition) is 1. The molecule has 0 spiro atoms. The van der Waals surface area contributed by atoms with Crippen molar-refractivity contribution in [1.29, 1.82) is 0 Å². The van der Waals surface area contributed by atoms with E-state index in [0.29, 0.717) is 19.6 Å². The van der Waals surface area contributed by atoms with Gasteiger partial charge in [-0.25, -0.2) is 0 Å². The predicted molar refractivity (Wildman–Crippen MR) is 67.8 cm³/mol. The minimum atomic E-state index is -4.13. The summed E-state index contributed by atoms with van der Waals surface area (Å²) < 4.78 is 36.7. The van der Waals surface area contributed by atoms with Gasteiger partial charge in [0.05, 0.1) is 6.54 Å². The molecule has 0 bridgehead atoms. The van der Waals surface area contributed by atoms with E-state index in [1.165, 1.54) is 4.90 Å². The molecule has 0 saturated heterocycles. The Hall–Kier alpha value is -1.23. The number of nitrogens with one attached hydrogen (secondary N) is 1. The van der Waals surface area contributed by atoms with E-state index in [1.807, 2.05) is 31.2 Å². The zero-order valence-electron chi connectivity index (χ0n) is 10.7. The molecule has 1 aromatic carbocycles. The van der Waals surface area contributed by atoms with Gasteiger partial charge in [0.1, 0.15) is 0 Å². The van der Waals surface area contributed by atoms with Crippen molar-refractivity contribution in [1.82, 2.24) is 4.90 Å². The minimum Gasteiger partial charge on any atom is -0.384 e. The fourth-order valence-corrected chi connectivity index (χ4v) is 1.72. The quantitative estimate of drug-likeness (QED) is 0.844. The average molecular weight is 260 g/mol. The second kappa shape index (κ2) is 6.64. The van der Waals surface area contributed by atoms with Crippen molar-refractivity contribution in [3.05, 3.63) is 29.8 Å². The minimum absolute atomic E-state index is 0.379. The highest BCUT2D eigenvalue weighted by molar-refractivity contribution is 5.45. The van der Waals surface area contributed by atoms with Gasteiger partial charge in [0, 0.05) is 18.8 Å². The molecular weight excluding hydrogens is 241 g/mol. The number of aryl methyl sites for hydroxylation is 1. The van der Waals surface area contributed by atoms with Gasteiger partial charge in [-0.2, -0.15) is 13.2 Å². The summed E-state index contributed by atoms with van der Waals surface area (Å²) >= 11 is 0. The highest BCUT2D eigenvalue weighted by Gasteiger charge is 2.29. The first-order valence-corrected chi connectivity index (χ1v) is 6.00. The monoisotopic (exact) mass is 260 g/mol. The molecule has 1 rings (SSSR count). The van der Waals surface area contributed by atoms with E-state index in [9.17, 15) is 13.2 Å². The van der Waals surface area contributed by atoms with Gasteiger partial charge in [-0.1, -0.05) is 19.1 Å². The van der Waals surface area contributed by atoms with Crippen molar-refractivity contribution in [3.8, 4) is 0 Å². The first-order valence-electron chi connectivity index (χ1n) is 6.00. The van der Waals surface area contributed by atoms with E-state index in [4.69, 9.17) is 0 Å². The third-order valence-electron chi connectivity index (χ3n) is 2.63. The van der Waals surface area contributed by atoms with Gasteiger partial charge in [-0.05, 0) is 31.2 Å². The number of rotatable bonds is 6. The van der Waals surface area contributed by atoms with Crippen molar-refractivity contribution in [3.63, 3.8) is 0 Å². The van der Waals surface area contributed by atoms with E-state index >= 15 is 0 Å². The molecule has 0 aliphatic heterocycles. The largest absolute Gasteiger partial charge is 0.401 e. The van der Waals surface area contributed by atoms with Crippen LogP contribution in [0.15, 0.2) is 24.3 Å². The van der Waals surface area contributed by atoms with Crippen LogP contribution in [0.2, 0.25) is 0 Å². The van der Waals surface area contributed by atoms with Crippen molar-refractivity contribution in [2.75, 3.05) is 31.5 Å². The lowest BCUT2D eigenvalue weighted by molar-refractivity contribution is -0.145. The van der Waals surface area contributed by atoms with Crippen LogP contribution in [0.3, 0.4) is 0 Å². The fourth-order valence-electron chi connectivity index (χ4n) is 1.72. The second-order valence-electron chi connectivity index (χ2n) is 4.28. The number of likely N-dealkylation sites (N-methyl/N-ethyl adjacent to an activating group) is 1. The first kappa shape index (κ1) is 14.8. The second-order valence-corrected chi connectivity index (χ2v) is 4.28. The number of hydrogen-bond acceptors (Lipinski definition) is 2. The van der Waals surface area contributed by atoms with Crippen LogP contribution in [-0.4, -0.2) is 37.3 Å². The lowest BCUT2D eigenvalue weighted by Gasteiger charge is -2.22. The zero-order chi connectivity index (χ0) is 13.6. The normalized spacial score (nSPS) is 11.9. The Labute approximate surface area is 106 Å². The molecule has 102 valence electrons. The van der Waals surface area contributed by atoms with Gasteiger partial charge in [0.25, 0.3) is 0 Å². The van der Waals surface area contributed by atoms with E-state index in [-0.39, 0.29) is 0 Å². The molecule has 0 aliphatic rings. The Bertz CT molecular complexity index is 363. The van der Waals surface area contributed by atoms with E-state index in [2.05, 4.69) is 5.32 Å². The van der Waals surface area contributed by atoms with E-state index in [1.54, 1.807) is 6.92 Å². The molecular formula is C13H19F3N2. The summed E-state index contributed by atoms with van der Waals surface area (Å²) in [7, 11) is 0. The number of halogens is 3. The summed E-state index contributed by atoms with van der Waals surface area (Å²) in [6.07, 6.45) is -4.13. The lowest BCUT2D eigenvalue weighted by Crippen LogP contribution is -2.37. The van der Waals surface area contributed by atoms with Crippen LogP contribution in [0.5, 0.6) is 0 Å². The maximum Gasteiger partial charge on any atom is 0.401 e. The molecule has 2 nitrogen and oxygen atoms in total. The van der Waals surface area contributed by atoms with Crippen LogP contribution in [0, 0.1) is 6.92 Å². The molecule has 0 heterocycles. The van der Waals surface area contributed by atoms with Crippen molar-refractivity contribution >= 4 is 5.69 Å². The number of anilines is 1. The molecule has 0 radical (unpaired) electrons. The van der Waals surface area contributed by atoms with Gasteiger partial charge in [0.2, 0.25) is 0 Å². The van der Waals surface area contributed by atoms with Crippen LogP contribution in [0.1, 0.15) is 12.5 Å². The summed E-state index contributed by atoms with van der Waals surface area (Å²) in [5, 5.41) is 3.13. The highest BCUT2D eigenvalue weighted by atomic mass is 19.4. The highest BCUT2D eigenvalue weighted by Crippen LogP contribution is 2.16. The maximum atomic E-state index is 12.2. The smallest absolute Gasteiger partial charge is 0.384 e. The predicted octanol–water partition coefficient (Wildman–Crippen LogP) is 3.29. The third-order valence-corrected chi connectivity index (χ3v) is 2.63. The van der Waals surface area contributed by atoms with Crippen molar-refractivity contribution in [2.45, 2.75) is 20.0 Å². The summed E-state index contributed by atoms with van der Waals surface area (Å²) in [5.74, 6) is 0. The van der Waals surface area contributed by atoms with Gasteiger partial charge in [0.15, 0.2) is 0 Å². The topological polar surface area (TPSA) is 15.3 Å². The molecule has 0 aromatic heterocycles. The third kappa shape index (κ3) is 5.91. The Kier molecular flexibility index (Phi) is 5.47. The van der Waals surface area contributed by atoms with E-state index < -0.39 is 12.7 Å². The van der Waals surface area contributed by atoms with Crippen LogP contribution in [0.25, 0.3) is 0 Å². The van der Waals surface area contributed by atoms with Gasteiger partial charge >= 0.3 is 6.18 Å². The molecule has 0 saturated carbocycles. The lowest BCUT2D eigenvalue weighted by atomic mass is 10.2. The van der Waals surface area contributed by atoms with Crippen LogP contribution in [-0.2, 0) is 0 Å². The Morgan fingerprint density at radius 3 is 2.56 bits per heavy atom. The Balaban J connectivity index is 2.35. The Morgan fingerprint density at radius 2 is 2.00 bits per heavy atom. The maximum absolute atomic E-state index is 12.2.